The number of carbonyl (C=O) groups is 1. The zero-order chi connectivity index (χ0) is 14.8. The van der Waals surface area contributed by atoms with Gasteiger partial charge in [0.05, 0.1) is 11.6 Å². The highest BCUT2D eigenvalue weighted by Crippen LogP contribution is 2.26. The lowest BCUT2D eigenvalue weighted by Gasteiger charge is -2.30. The second-order valence-corrected chi connectivity index (χ2v) is 5.63. The minimum absolute atomic E-state index is 0.293. The number of benzene rings is 1. The van der Waals surface area contributed by atoms with Crippen LogP contribution in [0.15, 0.2) is 30.3 Å². The van der Waals surface area contributed by atoms with E-state index in [2.05, 4.69) is 46.3 Å². The van der Waals surface area contributed by atoms with Crippen molar-refractivity contribution in [1.29, 1.82) is 0 Å². The summed E-state index contributed by atoms with van der Waals surface area (Å²) in [7, 11) is 0. The lowest BCUT2D eigenvalue weighted by molar-refractivity contribution is -0.141. The first-order chi connectivity index (χ1) is 10.1. The van der Waals surface area contributed by atoms with Crippen molar-refractivity contribution < 1.29 is 9.90 Å². The normalized spacial score (nSPS) is 18.7. The average molecular weight is 285 g/mol. The van der Waals surface area contributed by atoms with Crippen LogP contribution >= 0.6 is 0 Å². The Hall–Kier alpha value is -2.30. The molecule has 0 spiro atoms. The summed E-state index contributed by atoms with van der Waals surface area (Å²) in [5, 5.41) is 16.5. The van der Waals surface area contributed by atoms with Gasteiger partial charge in [0.15, 0.2) is 5.82 Å². The molecule has 1 saturated heterocycles. The van der Waals surface area contributed by atoms with Crippen LogP contribution in [-0.2, 0) is 4.79 Å². The van der Waals surface area contributed by atoms with Gasteiger partial charge in [0.25, 0.3) is 0 Å². The number of aliphatic carboxylic acids is 1. The van der Waals surface area contributed by atoms with Gasteiger partial charge in [0, 0.05) is 19.2 Å². The molecule has 1 aromatic heterocycles. The second-order valence-electron chi connectivity index (χ2n) is 5.63. The Bertz CT molecular complexity index is 633. The molecule has 2 aromatic rings. The standard InChI is InChI=1S/C16H19N3O2/c1-11-4-6-12(7-5-11)14-9-15(18-17-14)19-8-2-3-13(10-19)16(20)21/h4-7,9,13H,2-3,8,10H2,1H3,(H,17,18)(H,20,21). The molecule has 5 heteroatoms. The third kappa shape index (κ3) is 2.91. The first kappa shape index (κ1) is 13.7. The lowest BCUT2D eigenvalue weighted by Crippen LogP contribution is -2.38. The number of piperidine rings is 1. The Labute approximate surface area is 123 Å². The molecule has 1 aliphatic heterocycles. The van der Waals surface area contributed by atoms with Crippen molar-refractivity contribution in [2.24, 2.45) is 5.92 Å². The predicted molar refractivity (Wildman–Crippen MR) is 81.3 cm³/mol. The molecule has 0 radical (unpaired) electrons. The minimum atomic E-state index is -0.714. The maximum absolute atomic E-state index is 11.1. The topological polar surface area (TPSA) is 69.2 Å². The van der Waals surface area contributed by atoms with E-state index in [1.807, 2.05) is 6.07 Å². The van der Waals surface area contributed by atoms with Crippen LogP contribution in [0.3, 0.4) is 0 Å². The summed E-state index contributed by atoms with van der Waals surface area (Å²) >= 11 is 0. The first-order valence-electron chi connectivity index (χ1n) is 7.23. The number of hydrogen-bond acceptors (Lipinski definition) is 3. The van der Waals surface area contributed by atoms with Crippen LogP contribution in [-0.4, -0.2) is 34.4 Å². The molecule has 0 amide bonds. The first-order valence-corrected chi connectivity index (χ1v) is 7.23. The molecule has 110 valence electrons. The van der Waals surface area contributed by atoms with Crippen molar-refractivity contribution in [3.05, 3.63) is 35.9 Å². The minimum Gasteiger partial charge on any atom is -0.481 e. The SMILES string of the molecule is Cc1ccc(-c2cc(N3CCCC(C(=O)O)C3)n[nH]2)cc1. The number of nitrogens with zero attached hydrogens (tertiary/aromatic N) is 2. The zero-order valence-corrected chi connectivity index (χ0v) is 12.0. The molecular formula is C16H19N3O2. The summed E-state index contributed by atoms with van der Waals surface area (Å²) in [6, 6.07) is 10.2. The van der Waals surface area contributed by atoms with Crippen LogP contribution in [0.25, 0.3) is 11.3 Å². The Morgan fingerprint density at radius 3 is 2.86 bits per heavy atom. The molecule has 21 heavy (non-hydrogen) atoms. The van der Waals surface area contributed by atoms with Crippen LogP contribution in [0.4, 0.5) is 5.82 Å². The summed E-state index contributed by atoms with van der Waals surface area (Å²) < 4.78 is 0. The molecule has 1 aliphatic rings. The number of hydrogen-bond donors (Lipinski definition) is 2. The van der Waals surface area contributed by atoms with Gasteiger partial charge in [-0.15, -0.1) is 0 Å². The number of carboxylic acids is 1. The number of carboxylic acid groups (broad SMARTS) is 1. The van der Waals surface area contributed by atoms with E-state index in [4.69, 9.17) is 5.11 Å². The zero-order valence-electron chi connectivity index (χ0n) is 12.0. The van der Waals surface area contributed by atoms with Crippen LogP contribution in [0.5, 0.6) is 0 Å². The van der Waals surface area contributed by atoms with Gasteiger partial charge in [-0.05, 0) is 25.3 Å². The van der Waals surface area contributed by atoms with Crippen molar-refractivity contribution >= 4 is 11.8 Å². The van der Waals surface area contributed by atoms with Gasteiger partial charge < -0.3 is 10.0 Å². The maximum Gasteiger partial charge on any atom is 0.308 e. The van der Waals surface area contributed by atoms with Gasteiger partial charge in [0.1, 0.15) is 0 Å². The maximum atomic E-state index is 11.1. The Morgan fingerprint density at radius 2 is 2.14 bits per heavy atom. The number of anilines is 1. The molecule has 2 heterocycles. The molecule has 1 aromatic carbocycles. The van der Waals surface area contributed by atoms with Crippen LogP contribution in [0.2, 0.25) is 0 Å². The smallest absolute Gasteiger partial charge is 0.308 e. The Morgan fingerprint density at radius 1 is 1.38 bits per heavy atom. The van der Waals surface area contributed by atoms with Crippen LogP contribution in [0.1, 0.15) is 18.4 Å². The fourth-order valence-corrected chi connectivity index (χ4v) is 2.74. The van der Waals surface area contributed by atoms with Crippen LogP contribution < -0.4 is 4.90 Å². The molecule has 2 N–H and O–H groups in total. The number of H-pyrrole nitrogens is 1. The van der Waals surface area contributed by atoms with Gasteiger partial charge in [-0.2, -0.15) is 5.10 Å². The fraction of sp³-hybridized carbons (Fsp3) is 0.375. The Kier molecular flexibility index (Phi) is 3.64. The van der Waals surface area contributed by atoms with Crippen LogP contribution in [0, 0.1) is 12.8 Å². The van der Waals surface area contributed by atoms with Crippen molar-refractivity contribution in [3.8, 4) is 11.3 Å². The summed E-state index contributed by atoms with van der Waals surface area (Å²) in [5.41, 5.74) is 3.27. The number of rotatable bonds is 3. The van der Waals surface area contributed by atoms with E-state index >= 15 is 0 Å². The van der Waals surface area contributed by atoms with Crippen molar-refractivity contribution in [3.63, 3.8) is 0 Å². The number of aromatic amines is 1. The van der Waals surface area contributed by atoms with Gasteiger partial charge in [-0.1, -0.05) is 29.8 Å². The van der Waals surface area contributed by atoms with E-state index < -0.39 is 5.97 Å². The molecule has 1 unspecified atom stereocenters. The Balaban J connectivity index is 1.78. The molecular weight excluding hydrogens is 266 g/mol. The van der Waals surface area contributed by atoms with Gasteiger partial charge >= 0.3 is 5.97 Å². The summed E-state index contributed by atoms with van der Waals surface area (Å²) in [4.78, 5) is 13.2. The predicted octanol–water partition coefficient (Wildman–Crippen LogP) is 2.69. The second kappa shape index (κ2) is 5.60. The van der Waals surface area contributed by atoms with E-state index in [1.165, 1.54) is 5.56 Å². The highest BCUT2D eigenvalue weighted by atomic mass is 16.4. The molecule has 0 aliphatic carbocycles. The molecule has 1 fully saturated rings. The third-order valence-electron chi connectivity index (χ3n) is 4.02. The molecule has 3 rings (SSSR count). The van der Waals surface area contributed by atoms with Crippen molar-refractivity contribution in [1.82, 2.24) is 10.2 Å². The number of aryl methyl sites for hydroxylation is 1. The molecule has 0 saturated carbocycles. The molecule has 0 bridgehead atoms. The van der Waals surface area contributed by atoms with E-state index in [0.717, 1.165) is 36.5 Å². The van der Waals surface area contributed by atoms with E-state index in [0.29, 0.717) is 6.54 Å². The fourth-order valence-electron chi connectivity index (χ4n) is 2.74. The third-order valence-corrected chi connectivity index (χ3v) is 4.02. The monoisotopic (exact) mass is 285 g/mol. The average Bonchev–Trinajstić information content (AvgIpc) is 2.98. The lowest BCUT2D eigenvalue weighted by atomic mass is 9.98. The van der Waals surface area contributed by atoms with Gasteiger partial charge in [0.2, 0.25) is 0 Å². The highest BCUT2D eigenvalue weighted by Gasteiger charge is 2.26. The van der Waals surface area contributed by atoms with Crippen molar-refractivity contribution in [2.75, 3.05) is 18.0 Å². The summed E-state index contributed by atoms with van der Waals surface area (Å²) in [5.74, 6) is -0.177. The summed E-state index contributed by atoms with van der Waals surface area (Å²) in [6.45, 7) is 3.46. The van der Waals surface area contributed by atoms with Gasteiger partial charge in [-0.25, -0.2) is 0 Å². The summed E-state index contributed by atoms with van der Waals surface area (Å²) in [6.07, 6.45) is 1.64. The molecule has 5 nitrogen and oxygen atoms in total. The van der Waals surface area contributed by atoms with Gasteiger partial charge in [-0.3, -0.25) is 9.89 Å². The number of nitrogens with one attached hydrogen (secondary N) is 1. The quantitative estimate of drug-likeness (QED) is 0.909. The number of aromatic nitrogens is 2. The van der Waals surface area contributed by atoms with E-state index in [9.17, 15) is 4.79 Å². The van der Waals surface area contributed by atoms with Crippen molar-refractivity contribution in [2.45, 2.75) is 19.8 Å². The molecule has 1 atom stereocenters. The van der Waals surface area contributed by atoms with E-state index in [1.54, 1.807) is 0 Å². The van der Waals surface area contributed by atoms with E-state index in [-0.39, 0.29) is 5.92 Å². The largest absolute Gasteiger partial charge is 0.481 e. The highest BCUT2D eigenvalue weighted by molar-refractivity contribution is 5.71.